The minimum absolute atomic E-state index is 0.121. The van der Waals surface area contributed by atoms with Crippen molar-refractivity contribution >= 4 is 17.5 Å². The van der Waals surface area contributed by atoms with Gasteiger partial charge in [-0.2, -0.15) is 15.5 Å². The molecule has 0 aliphatic rings. The molecule has 2 aromatic carbocycles. The number of hydrogen-bond acceptors (Lipinski definition) is 7. The Balaban J connectivity index is 1.34. The number of aromatic nitrogens is 5. The second-order valence-corrected chi connectivity index (χ2v) is 8.81. The van der Waals surface area contributed by atoms with Gasteiger partial charge in [0.1, 0.15) is 23.1 Å². The predicted molar refractivity (Wildman–Crippen MR) is 144 cm³/mol. The molecule has 5 aromatic rings. The van der Waals surface area contributed by atoms with Crippen LogP contribution in [0, 0.1) is 17.1 Å². The van der Waals surface area contributed by atoms with Crippen LogP contribution >= 0.6 is 0 Å². The van der Waals surface area contributed by atoms with Gasteiger partial charge in [0.25, 0.3) is 0 Å². The van der Waals surface area contributed by atoms with Crippen LogP contribution < -0.4 is 15.4 Å². The van der Waals surface area contributed by atoms with Crippen LogP contribution in [0.3, 0.4) is 0 Å². The molecule has 0 aliphatic carbocycles. The molecule has 1 unspecified atom stereocenters. The first-order valence-electron chi connectivity index (χ1n) is 12.1. The smallest absolute Gasteiger partial charge is 0.324 e. The second kappa shape index (κ2) is 11.1. The van der Waals surface area contributed by atoms with E-state index in [2.05, 4.69) is 25.8 Å². The molecule has 0 aliphatic heterocycles. The van der Waals surface area contributed by atoms with E-state index in [9.17, 15) is 19.6 Å². The SMILES string of the molecule is CC(O)c1cc(NC(=O)Nc2cc(Oc3ccnc(-c4cnn(C)c4)c3)ccc2F)n(-c2cccc(C#N)c2)n1. The van der Waals surface area contributed by atoms with Crippen LogP contribution in [0.5, 0.6) is 11.5 Å². The zero-order chi connectivity index (χ0) is 28.2. The van der Waals surface area contributed by atoms with Gasteiger partial charge in [-0.25, -0.2) is 13.9 Å². The summed E-state index contributed by atoms with van der Waals surface area (Å²) in [5.41, 5.74) is 2.52. The molecule has 0 bridgehead atoms. The van der Waals surface area contributed by atoms with E-state index in [1.807, 2.05) is 12.3 Å². The van der Waals surface area contributed by atoms with Gasteiger partial charge in [0.15, 0.2) is 0 Å². The predicted octanol–water partition coefficient (Wildman–Crippen LogP) is 5.17. The molecule has 0 fully saturated rings. The van der Waals surface area contributed by atoms with Gasteiger partial charge in [0.05, 0.1) is 46.7 Å². The van der Waals surface area contributed by atoms with E-state index in [4.69, 9.17) is 4.74 Å². The van der Waals surface area contributed by atoms with Crippen molar-refractivity contribution in [3.63, 3.8) is 0 Å². The normalized spacial score (nSPS) is 11.5. The van der Waals surface area contributed by atoms with Crippen molar-refractivity contribution in [1.82, 2.24) is 24.5 Å². The van der Waals surface area contributed by atoms with Crippen molar-refractivity contribution in [3.8, 4) is 34.5 Å². The quantitative estimate of drug-likeness (QED) is 0.259. The van der Waals surface area contributed by atoms with Crippen LogP contribution in [-0.4, -0.2) is 35.7 Å². The minimum atomic E-state index is -0.915. The van der Waals surface area contributed by atoms with Gasteiger partial charge in [-0.05, 0) is 43.3 Å². The van der Waals surface area contributed by atoms with Gasteiger partial charge in [0.2, 0.25) is 0 Å². The Morgan fingerprint density at radius 2 is 1.95 bits per heavy atom. The molecule has 3 heterocycles. The first-order valence-corrected chi connectivity index (χ1v) is 12.1. The lowest BCUT2D eigenvalue weighted by Crippen LogP contribution is -2.22. The number of carbonyl (C=O) groups excluding carboxylic acids is 1. The molecule has 200 valence electrons. The summed E-state index contributed by atoms with van der Waals surface area (Å²) < 4.78 is 23.6. The Hall–Kier alpha value is -5.54. The summed E-state index contributed by atoms with van der Waals surface area (Å²) in [6.45, 7) is 1.53. The van der Waals surface area contributed by atoms with E-state index in [-0.39, 0.29) is 17.3 Å². The molecule has 2 amide bonds. The molecule has 0 spiro atoms. The van der Waals surface area contributed by atoms with Crippen LogP contribution in [0.2, 0.25) is 0 Å². The van der Waals surface area contributed by atoms with Crippen LogP contribution in [-0.2, 0) is 7.05 Å². The number of nitrogens with zero attached hydrogens (tertiary/aromatic N) is 6. The lowest BCUT2D eigenvalue weighted by molar-refractivity contribution is 0.193. The van der Waals surface area contributed by atoms with Crippen LogP contribution in [0.4, 0.5) is 20.7 Å². The third-order valence-electron chi connectivity index (χ3n) is 5.77. The molecule has 40 heavy (non-hydrogen) atoms. The number of halogens is 1. The number of nitrogens with one attached hydrogen (secondary N) is 2. The molecule has 5 rings (SSSR count). The Labute approximate surface area is 228 Å². The number of benzene rings is 2. The van der Waals surface area contributed by atoms with E-state index >= 15 is 0 Å². The van der Waals surface area contributed by atoms with Gasteiger partial charge < -0.3 is 15.2 Å². The fourth-order valence-corrected chi connectivity index (χ4v) is 3.85. The molecule has 1 atom stereocenters. The maximum Gasteiger partial charge on any atom is 0.324 e. The number of rotatable bonds is 7. The summed E-state index contributed by atoms with van der Waals surface area (Å²) in [5.74, 6) is 0.281. The average molecular weight is 539 g/mol. The first kappa shape index (κ1) is 26.1. The summed E-state index contributed by atoms with van der Waals surface area (Å²) in [4.78, 5) is 17.2. The fraction of sp³-hybridized carbons (Fsp3) is 0.107. The Kier molecular flexibility index (Phi) is 7.21. The molecule has 0 saturated carbocycles. The third kappa shape index (κ3) is 5.79. The molecular formula is C28H23FN8O3. The van der Waals surface area contributed by atoms with Gasteiger partial charge in [-0.3, -0.25) is 15.0 Å². The number of nitriles is 1. The lowest BCUT2D eigenvalue weighted by Gasteiger charge is -2.12. The fourth-order valence-electron chi connectivity index (χ4n) is 3.85. The van der Waals surface area contributed by atoms with Gasteiger partial charge in [0, 0.05) is 43.2 Å². The van der Waals surface area contributed by atoms with Crippen LogP contribution in [0.1, 0.15) is 24.3 Å². The summed E-state index contributed by atoms with van der Waals surface area (Å²) >= 11 is 0. The van der Waals surface area contributed by atoms with E-state index < -0.39 is 18.0 Å². The van der Waals surface area contributed by atoms with E-state index in [1.54, 1.807) is 60.5 Å². The van der Waals surface area contributed by atoms with Gasteiger partial charge in [-0.1, -0.05) is 6.07 Å². The van der Waals surface area contributed by atoms with Crippen molar-refractivity contribution in [2.45, 2.75) is 13.0 Å². The summed E-state index contributed by atoms with van der Waals surface area (Å²) in [6, 6.07) is 16.7. The van der Waals surface area contributed by atoms with E-state index in [1.165, 1.54) is 35.9 Å². The number of carbonyl (C=O) groups is 1. The van der Waals surface area contributed by atoms with Gasteiger partial charge in [-0.15, -0.1) is 0 Å². The lowest BCUT2D eigenvalue weighted by atomic mass is 10.2. The molecule has 11 nitrogen and oxygen atoms in total. The summed E-state index contributed by atoms with van der Waals surface area (Å²) in [6.07, 6.45) is 4.18. The van der Waals surface area contributed by atoms with Crippen molar-refractivity contribution in [2.24, 2.45) is 7.05 Å². The van der Waals surface area contributed by atoms with E-state index in [0.717, 1.165) is 5.56 Å². The Morgan fingerprint density at radius 1 is 1.12 bits per heavy atom. The monoisotopic (exact) mass is 538 g/mol. The standard InChI is InChI=1S/C28H23FN8O3/c1-17(38)24-13-27(37(35-24)20-5-3-4-18(10-20)14-30)34-28(39)33-26-12-21(6-7-23(26)29)40-22-8-9-31-25(11-22)19-15-32-36(2)16-19/h3-13,15-17,38H,1-2H3,(H2,33,34,39). The Bertz CT molecular complexity index is 1740. The van der Waals surface area contributed by atoms with Crippen molar-refractivity contribution in [1.29, 1.82) is 5.26 Å². The van der Waals surface area contributed by atoms with Crippen LogP contribution in [0.15, 0.2) is 79.3 Å². The highest BCUT2D eigenvalue weighted by molar-refractivity contribution is 5.99. The molecule has 0 radical (unpaired) electrons. The molecule has 12 heteroatoms. The van der Waals surface area contributed by atoms with Crippen LogP contribution in [0.25, 0.3) is 16.9 Å². The molecule has 3 aromatic heterocycles. The molecular weight excluding hydrogens is 515 g/mol. The summed E-state index contributed by atoms with van der Waals surface area (Å²) in [7, 11) is 1.80. The van der Waals surface area contributed by atoms with Crippen molar-refractivity contribution in [3.05, 3.63) is 96.3 Å². The maximum absolute atomic E-state index is 14.6. The topological polar surface area (TPSA) is 143 Å². The highest BCUT2D eigenvalue weighted by Crippen LogP contribution is 2.29. The summed E-state index contributed by atoms with van der Waals surface area (Å²) in [5, 5.41) is 32.8. The zero-order valence-corrected chi connectivity index (χ0v) is 21.4. The average Bonchev–Trinajstić information content (AvgIpc) is 3.57. The molecule has 0 saturated heterocycles. The van der Waals surface area contributed by atoms with Crippen molar-refractivity contribution in [2.75, 3.05) is 10.6 Å². The number of aliphatic hydroxyl groups is 1. The Morgan fingerprint density at radius 3 is 2.70 bits per heavy atom. The number of urea groups is 1. The van der Waals surface area contributed by atoms with E-state index in [0.29, 0.717) is 28.4 Å². The maximum atomic E-state index is 14.6. The zero-order valence-electron chi connectivity index (χ0n) is 21.4. The number of anilines is 2. The number of ether oxygens (including phenoxy) is 1. The second-order valence-electron chi connectivity index (χ2n) is 8.81. The number of hydrogen-bond donors (Lipinski definition) is 3. The highest BCUT2D eigenvalue weighted by atomic mass is 19.1. The largest absolute Gasteiger partial charge is 0.457 e. The number of amides is 2. The van der Waals surface area contributed by atoms with Gasteiger partial charge >= 0.3 is 6.03 Å². The number of pyridine rings is 1. The minimum Gasteiger partial charge on any atom is -0.457 e. The number of aryl methyl sites for hydroxylation is 1. The highest BCUT2D eigenvalue weighted by Gasteiger charge is 2.17. The number of aliphatic hydroxyl groups excluding tert-OH is 1. The third-order valence-corrected chi connectivity index (χ3v) is 5.77. The molecule has 3 N–H and O–H groups in total. The van der Waals surface area contributed by atoms with Crippen molar-refractivity contribution < 1.29 is 19.0 Å². The first-order chi connectivity index (χ1) is 19.3.